The average molecular weight is 398 g/mol. The molecule has 0 radical (unpaired) electrons. The van der Waals surface area contributed by atoms with Crippen LogP contribution in [-0.2, 0) is 16.4 Å². The molecule has 8 heteroatoms. The molecule has 1 saturated heterocycles. The molecule has 2 aromatic rings. The highest BCUT2D eigenvalue weighted by Crippen LogP contribution is 2.24. The molecule has 2 aliphatic heterocycles. The van der Waals surface area contributed by atoms with Crippen molar-refractivity contribution < 1.29 is 22.8 Å². The molecule has 0 spiro atoms. The summed E-state index contributed by atoms with van der Waals surface area (Å²) >= 11 is 0. The first-order valence-electron chi connectivity index (χ1n) is 8.89. The van der Waals surface area contributed by atoms with Gasteiger partial charge < -0.3 is 5.32 Å². The molecule has 1 fully saturated rings. The minimum atomic E-state index is -3.06. The van der Waals surface area contributed by atoms with E-state index >= 15 is 0 Å². The fourth-order valence-corrected chi connectivity index (χ4v) is 5.18. The number of benzene rings is 2. The van der Waals surface area contributed by atoms with Crippen molar-refractivity contribution in [2.45, 2.75) is 19.0 Å². The van der Waals surface area contributed by atoms with Gasteiger partial charge in [0.05, 0.1) is 29.2 Å². The zero-order chi connectivity index (χ0) is 19.9. The van der Waals surface area contributed by atoms with Crippen molar-refractivity contribution >= 4 is 27.6 Å². The van der Waals surface area contributed by atoms with Crippen LogP contribution in [0.2, 0.25) is 0 Å². The number of carbonyl (C=O) groups excluding carboxylic acids is 3. The first kappa shape index (κ1) is 18.4. The molecule has 0 aliphatic carbocycles. The minimum Gasteiger partial charge on any atom is -0.348 e. The molecule has 7 nitrogen and oxygen atoms in total. The number of nitrogens with one attached hydrogen (secondary N) is 1. The van der Waals surface area contributed by atoms with Crippen LogP contribution in [0.15, 0.2) is 48.5 Å². The Morgan fingerprint density at radius 2 is 1.61 bits per heavy atom. The fraction of sp³-hybridized carbons (Fsp3) is 0.250. The highest BCUT2D eigenvalue weighted by Gasteiger charge is 2.35. The zero-order valence-electron chi connectivity index (χ0n) is 14.9. The third kappa shape index (κ3) is 3.43. The lowest BCUT2D eigenvalue weighted by atomic mass is 10.1. The lowest BCUT2D eigenvalue weighted by Gasteiger charge is -2.14. The van der Waals surface area contributed by atoms with Crippen LogP contribution in [0.25, 0.3) is 0 Å². The van der Waals surface area contributed by atoms with Crippen molar-refractivity contribution in [3.8, 4) is 0 Å². The topological polar surface area (TPSA) is 101 Å². The number of fused-ring (bicyclic) bond motifs is 1. The van der Waals surface area contributed by atoms with Crippen molar-refractivity contribution in [2.24, 2.45) is 0 Å². The second-order valence-corrected chi connectivity index (χ2v) is 9.24. The molecule has 28 heavy (non-hydrogen) atoms. The number of hydrogen-bond donors (Lipinski definition) is 1. The molecule has 2 aliphatic rings. The van der Waals surface area contributed by atoms with Crippen molar-refractivity contribution in [2.75, 3.05) is 11.5 Å². The molecule has 0 bridgehead atoms. The molecular weight excluding hydrogens is 380 g/mol. The van der Waals surface area contributed by atoms with E-state index in [-0.39, 0.29) is 41.8 Å². The van der Waals surface area contributed by atoms with E-state index in [1.54, 1.807) is 48.5 Å². The molecule has 0 aromatic heterocycles. The molecule has 2 aromatic carbocycles. The van der Waals surface area contributed by atoms with Crippen molar-refractivity contribution in [3.05, 3.63) is 70.8 Å². The maximum absolute atomic E-state index is 12.4. The average Bonchev–Trinajstić information content (AvgIpc) is 3.14. The summed E-state index contributed by atoms with van der Waals surface area (Å²) in [4.78, 5) is 38.3. The molecule has 2 heterocycles. The van der Waals surface area contributed by atoms with Crippen molar-refractivity contribution in [3.63, 3.8) is 0 Å². The Kier molecular flexibility index (Phi) is 4.50. The Balaban J connectivity index is 1.42. The number of amides is 3. The zero-order valence-corrected chi connectivity index (χ0v) is 15.7. The molecule has 1 N–H and O–H groups in total. The lowest BCUT2D eigenvalue weighted by Crippen LogP contribution is -2.35. The Morgan fingerprint density at radius 1 is 1.00 bits per heavy atom. The maximum Gasteiger partial charge on any atom is 0.261 e. The van der Waals surface area contributed by atoms with Gasteiger partial charge in [-0.2, -0.15) is 0 Å². The van der Waals surface area contributed by atoms with E-state index in [0.29, 0.717) is 23.1 Å². The summed E-state index contributed by atoms with van der Waals surface area (Å²) in [6.45, 7) is 0.120. The van der Waals surface area contributed by atoms with Gasteiger partial charge in [0.15, 0.2) is 9.84 Å². The number of rotatable bonds is 4. The van der Waals surface area contributed by atoms with Crippen LogP contribution in [0, 0.1) is 0 Å². The molecule has 1 unspecified atom stereocenters. The van der Waals surface area contributed by atoms with Crippen LogP contribution in [0.1, 0.15) is 43.1 Å². The third-order valence-corrected chi connectivity index (χ3v) is 6.77. The van der Waals surface area contributed by atoms with Gasteiger partial charge in [0, 0.05) is 11.6 Å². The molecule has 1 atom stereocenters. The summed E-state index contributed by atoms with van der Waals surface area (Å²) in [5, 5.41) is 2.73. The van der Waals surface area contributed by atoms with Gasteiger partial charge in [-0.15, -0.1) is 0 Å². The summed E-state index contributed by atoms with van der Waals surface area (Å²) in [5.74, 6) is -0.933. The normalized spacial score (nSPS) is 20.3. The number of imide groups is 1. The van der Waals surface area contributed by atoms with Crippen LogP contribution in [-0.4, -0.2) is 48.6 Å². The first-order chi connectivity index (χ1) is 13.3. The van der Waals surface area contributed by atoms with E-state index < -0.39 is 9.84 Å². The number of sulfone groups is 1. The van der Waals surface area contributed by atoms with Gasteiger partial charge >= 0.3 is 0 Å². The summed E-state index contributed by atoms with van der Waals surface area (Å²) in [7, 11) is -3.06. The van der Waals surface area contributed by atoms with Gasteiger partial charge in [0.25, 0.3) is 17.7 Å². The standard InChI is InChI=1S/C20H18N2O5S/c23-18(21-15-9-10-28(26,27)12-15)14-7-5-13(6-8-14)11-22-19(24)16-3-1-2-4-17(16)20(22)25/h1-8,15H,9-12H2,(H,21,23). The largest absolute Gasteiger partial charge is 0.348 e. The molecule has 0 saturated carbocycles. The summed E-state index contributed by atoms with van der Waals surface area (Å²) < 4.78 is 23.0. The van der Waals surface area contributed by atoms with Gasteiger partial charge in [-0.05, 0) is 36.2 Å². The van der Waals surface area contributed by atoms with E-state index in [9.17, 15) is 22.8 Å². The highest BCUT2D eigenvalue weighted by atomic mass is 32.2. The summed E-state index contributed by atoms with van der Waals surface area (Å²) in [5.41, 5.74) is 1.91. The van der Waals surface area contributed by atoms with Crippen LogP contribution in [0.5, 0.6) is 0 Å². The minimum absolute atomic E-state index is 0.0312. The van der Waals surface area contributed by atoms with Crippen molar-refractivity contribution in [1.82, 2.24) is 10.2 Å². The van der Waals surface area contributed by atoms with Crippen LogP contribution < -0.4 is 5.32 Å². The van der Waals surface area contributed by atoms with Crippen LogP contribution in [0.4, 0.5) is 0 Å². The number of carbonyl (C=O) groups is 3. The number of hydrogen-bond acceptors (Lipinski definition) is 5. The summed E-state index contributed by atoms with van der Waals surface area (Å²) in [6.07, 6.45) is 0.423. The predicted octanol–water partition coefficient (Wildman–Crippen LogP) is 1.40. The van der Waals surface area contributed by atoms with E-state index in [4.69, 9.17) is 0 Å². The molecular formula is C20H18N2O5S. The number of nitrogens with zero attached hydrogens (tertiary/aromatic N) is 1. The fourth-order valence-electron chi connectivity index (χ4n) is 3.50. The predicted molar refractivity (Wildman–Crippen MR) is 102 cm³/mol. The second kappa shape index (κ2) is 6.87. The first-order valence-corrected chi connectivity index (χ1v) is 10.7. The monoisotopic (exact) mass is 398 g/mol. The third-order valence-electron chi connectivity index (χ3n) is 5.00. The smallest absolute Gasteiger partial charge is 0.261 e. The van der Waals surface area contributed by atoms with Gasteiger partial charge in [0.1, 0.15) is 0 Å². The maximum atomic E-state index is 12.4. The molecule has 3 amide bonds. The lowest BCUT2D eigenvalue weighted by molar-refractivity contribution is 0.0641. The van der Waals surface area contributed by atoms with Crippen LogP contribution >= 0.6 is 0 Å². The molecule has 144 valence electrons. The Labute approximate surface area is 162 Å². The van der Waals surface area contributed by atoms with Gasteiger partial charge in [0.2, 0.25) is 0 Å². The van der Waals surface area contributed by atoms with Crippen molar-refractivity contribution in [1.29, 1.82) is 0 Å². The molecule has 4 rings (SSSR count). The van der Waals surface area contributed by atoms with E-state index in [0.717, 1.165) is 5.56 Å². The Hall–Kier alpha value is -3.00. The van der Waals surface area contributed by atoms with Gasteiger partial charge in [-0.25, -0.2) is 8.42 Å². The van der Waals surface area contributed by atoms with Gasteiger partial charge in [-0.3, -0.25) is 19.3 Å². The summed E-state index contributed by atoms with van der Waals surface area (Å²) in [6, 6.07) is 12.9. The van der Waals surface area contributed by atoms with E-state index in [1.165, 1.54) is 4.90 Å². The quantitative estimate of drug-likeness (QED) is 0.785. The van der Waals surface area contributed by atoms with E-state index in [1.807, 2.05) is 0 Å². The van der Waals surface area contributed by atoms with Crippen LogP contribution in [0.3, 0.4) is 0 Å². The Bertz CT molecular complexity index is 1040. The van der Waals surface area contributed by atoms with Gasteiger partial charge in [-0.1, -0.05) is 24.3 Å². The Morgan fingerprint density at radius 3 is 2.14 bits per heavy atom. The highest BCUT2D eigenvalue weighted by molar-refractivity contribution is 7.91. The van der Waals surface area contributed by atoms with E-state index in [2.05, 4.69) is 5.32 Å². The SMILES string of the molecule is O=C(NC1CCS(=O)(=O)C1)c1ccc(CN2C(=O)c3ccccc3C2=O)cc1. The second-order valence-electron chi connectivity index (χ2n) is 7.01.